The molecule has 0 saturated heterocycles. The molecule has 0 aromatic carbocycles. The quantitative estimate of drug-likeness (QED) is 0.806. The van der Waals surface area contributed by atoms with Crippen LogP contribution >= 0.6 is 11.3 Å². The van der Waals surface area contributed by atoms with E-state index in [1.807, 2.05) is 0 Å². The molecule has 7 nitrogen and oxygen atoms in total. The summed E-state index contributed by atoms with van der Waals surface area (Å²) in [5.41, 5.74) is 0. The van der Waals surface area contributed by atoms with Crippen molar-refractivity contribution < 1.29 is 14.7 Å². The van der Waals surface area contributed by atoms with E-state index < -0.39 is 5.97 Å². The van der Waals surface area contributed by atoms with E-state index in [1.54, 1.807) is 7.05 Å². The lowest BCUT2D eigenvalue weighted by molar-refractivity contribution is -0.137. The second-order valence-electron chi connectivity index (χ2n) is 4.45. The lowest BCUT2D eigenvalue weighted by Crippen LogP contribution is -2.33. The highest BCUT2D eigenvalue weighted by molar-refractivity contribution is 7.15. The number of carboxylic acids is 1. The van der Waals surface area contributed by atoms with Crippen LogP contribution in [0.2, 0.25) is 0 Å². The fraction of sp³-hybridized carbons (Fsp3) is 0.667. The summed E-state index contributed by atoms with van der Waals surface area (Å²) in [7, 11) is 1.54. The molecule has 0 saturated carbocycles. The van der Waals surface area contributed by atoms with Crippen LogP contribution in [0.4, 0.5) is 9.93 Å². The van der Waals surface area contributed by atoms with Gasteiger partial charge >= 0.3 is 12.0 Å². The molecule has 1 rings (SSSR count). The van der Waals surface area contributed by atoms with Crippen LogP contribution < -0.4 is 5.32 Å². The van der Waals surface area contributed by atoms with Crippen LogP contribution in [0.1, 0.15) is 44.0 Å². The number of aromatic nitrogens is 2. The van der Waals surface area contributed by atoms with Crippen molar-refractivity contribution in [3.05, 3.63) is 5.01 Å². The summed E-state index contributed by atoms with van der Waals surface area (Å²) in [6.45, 7) is 4.33. The molecule has 0 bridgehead atoms. The summed E-state index contributed by atoms with van der Waals surface area (Å²) in [5, 5.41) is 20.6. The van der Waals surface area contributed by atoms with E-state index in [0.717, 1.165) is 17.8 Å². The second-order valence-corrected chi connectivity index (χ2v) is 5.46. The Labute approximate surface area is 122 Å². The first-order valence-corrected chi connectivity index (χ1v) is 7.36. The van der Waals surface area contributed by atoms with Gasteiger partial charge in [-0.15, -0.1) is 10.2 Å². The number of amides is 2. The topological polar surface area (TPSA) is 95.4 Å². The van der Waals surface area contributed by atoms with Gasteiger partial charge in [-0.05, 0) is 12.8 Å². The first kappa shape index (κ1) is 16.4. The minimum Gasteiger partial charge on any atom is -0.481 e. The van der Waals surface area contributed by atoms with Crippen LogP contribution in [0.15, 0.2) is 0 Å². The number of carbonyl (C=O) groups is 2. The predicted molar refractivity (Wildman–Crippen MR) is 77.1 cm³/mol. The third kappa shape index (κ3) is 4.76. The highest BCUT2D eigenvalue weighted by Gasteiger charge is 2.16. The number of rotatable bonds is 7. The summed E-state index contributed by atoms with van der Waals surface area (Å²) in [6.07, 6.45) is 1.88. The monoisotopic (exact) mass is 300 g/mol. The van der Waals surface area contributed by atoms with Gasteiger partial charge in [0.15, 0.2) is 0 Å². The molecule has 0 spiro atoms. The molecule has 0 fully saturated rings. The summed E-state index contributed by atoms with van der Waals surface area (Å²) in [5.74, 6) is -0.570. The van der Waals surface area contributed by atoms with E-state index in [4.69, 9.17) is 5.11 Å². The van der Waals surface area contributed by atoms with Crippen LogP contribution in [0.5, 0.6) is 0 Å². The number of hydrogen-bond donors (Lipinski definition) is 2. The van der Waals surface area contributed by atoms with Crippen molar-refractivity contribution in [3.63, 3.8) is 0 Å². The molecule has 0 unspecified atom stereocenters. The summed E-state index contributed by atoms with van der Waals surface area (Å²) < 4.78 is 0. The second kappa shape index (κ2) is 7.78. The maximum Gasteiger partial charge on any atom is 0.323 e. The number of nitrogens with zero attached hydrogens (tertiary/aromatic N) is 3. The molecule has 0 aliphatic rings. The fourth-order valence-corrected chi connectivity index (χ4v) is 2.64. The molecule has 0 aliphatic heterocycles. The zero-order valence-corrected chi connectivity index (χ0v) is 12.7. The van der Waals surface area contributed by atoms with Crippen molar-refractivity contribution in [1.82, 2.24) is 15.1 Å². The molecule has 8 heteroatoms. The van der Waals surface area contributed by atoms with Crippen molar-refractivity contribution >= 4 is 28.5 Å². The van der Waals surface area contributed by atoms with Crippen LogP contribution in [0, 0.1) is 0 Å². The molecule has 1 aromatic heterocycles. The molecular formula is C12H20N4O3S. The number of aliphatic carboxylic acids is 1. The van der Waals surface area contributed by atoms with Crippen LogP contribution in [-0.2, 0) is 4.79 Å². The van der Waals surface area contributed by atoms with Gasteiger partial charge < -0.3 is 10.0 Å². The molecule has 20 heavy (non-hydrogen) atoms. The Morgan fingerprint density at radius 1 is 1.35 bits per heavy atom. The standard InChI is InChI=1S/C12H20N4O3S/c1-4-8(5-2)10-14-15-11(20-10)13-12(19)16(3)7-6-9(17)18/h8H,4-7H2,1-3H3,(H,17,18)(H,13,15,19). The van der Waals surface area contributed by atoms with E-state index in [0.29, 0.717) is 11.0 Å². The van der Waals surface area contributed by atoms with Crippen molar-refractivity contribution in [2.24, 2.45) is 0 Å². The molecule has 1 heterocycles. The van der Waals surface area contributed by atoms with Crippen LogP contribution in [-0.4, -0.2) is 45.8 Å². The van der Waals surface area contributed by atoms with Gasteiger partial charge in [-0.3, -0.25) is 10.1 Å². The van der Waals surface area contributed by atoms with Crippen molar-refractivity contribution in [2.45, 2.75) is 39.0 Å². The third-order valence-corrected chi connectivity index (χ3v) is 4.00. The SMILES string of the molecule is CCC(CC)c1nnc(NC(=O)N(C)CCC(=O)O)s1. The van der Waals surface area contributed by atoms with E-state index in [2.05, 4.69) is 29.4 Å². The van der Waals surface area contributed by atoms with E-state index in [9.17, 15) is 9.59 Å². The van der Waals surface area contributed by atoms with E-state index in [1.165, 1.54) is 16.2 Å². The van der Waals surface area contributed by atoms with Gasteiger partial charge in [-0.25, -0.2) is 4.79 Å². The Balaban J connectivity index is 2.56. The van der Waals surface area contributed by atoms with Gasteiger partial charge in [0.25, 0.3) is 0 Å². The van der Waals surface area contributed by atoms with Gasteiger partial charge in [0.1, 0.15) is 5.01 Å². The molecular weight excluding hydrogens is 280 g/mol. The highest BCUT2D eigenvalue weighted by Crippen LogP contribution is 2.28. The van der Waals surface area contributed by atoms with Crippen molar-refractivity contribution in [3.8, 4) is 0 Å². The van der Waals surface area contributed by atoms with Crippen LogP contribution in [0.3, 0.4) is 0 Å². The Hall–Kier alpha value is -1.70. The number of urea groups is 1. The first-order valence-electron chi connectivity index (χ1n) is 6.55. The average Bonchev–Trinajstić information content (AvgIpc) is 2.85. The molecule has 1 aromatic rings. The van der Waals surface area contributed by atoms with E-state index >= 15 is 0 Å². The Morgan fingerprint density at radius 3 is 2.55 bits per heavy atom. The predicted octanol–water partition coefficient (Wildman–Crippen LogP) is 2.38. The molecule has 112 valence electrons. The van der Waals surface area contributed by atoms with Gasteiger partial charge in [0.05, 0.1) is 6.42 Å². The smallest absolute Gasteiger partial charge is 0.323 e. The minimum atomic E-state index is -0.934. The molecule has 0 aliphatic carbocycles. The molecule has 0 radical (unpaired) electrons. The van der Waals surface area contributed by atoms with Crippen LogP contribution in [0.25, 0.3) is 0 Å². The number of carboxylic acid groups (broad SMARTS) is 1. The Morgan fingerprint density at radius 2 is 2.00 bits per heavy atom. The summed E-state index contributed by atoms with van der Waals surface area (Å²) in [4.78, 5) is 23.6. The number of hydrogen-bond acceptors (Lipinski definition) is 5. The number of nitrogens with one attached hydrogen (secondary N) is 1. The lowest BCUT2D eigenvalue weighted by atomic mass is 10.1. The third-order valence-electron chi connectivity index (χ3n) is 3.00. The van der Waals surface area contributed by atoms with E-state index in [-0.39, 0.29) is 19.0 Å². The normalized spacial score (nSPS) is 10.6. The zero-order valence-electron chi connectivity index (χ0n) is 11.9. The number of anilines is 1. The Kier molecular flexibility index (Phi) is 6.37. The minimum absolute atomic E-state index is 0.0843. The largest absolute Gasteiger partial charge is 0.481 e. The van der Waals surface area contributed by atoms with Gasteiger partial charge in [0, 0.05) is 19.5 Å². The summed E-state index contributed by atoms with van der Waals surface area (Å²) in [6, 6.07) is -0.376. The molecule has 0 atom stereocenters. The Bertz CT molecular complexity index is 459. The first-order chi connectivity index (χ1) is 9.47. The average molecular weight is 300 g/mol. The molecule has 2 N–H and O–H groups in total. The number of carbonyl (C=O) groups excluding carboxylic acids is 1. The van der Waals surface area contributed by atoms with Gasteiger partial charge in [0.2, 0.25) is 5.13 Å². The highest BCUT2D eigenvalue weighted by atomic mass is 32.1. The van der Waals surface area contributed by atoms with Crippen molar-refractivity contribution in [2.75, 3.05) is 18.9 Å². The van der Waals surface area contributed by atoms with Gasteiger partial charge in [-0.2, -0.15) is 0 Å². The fourth-order valence-electron chi connectivity index (χ4n) is 1.64. The summed E-state index contributed by atoms with van der Waals surface area (Å²) >= 11 is 1.36. The lowest BCUT2D eigenvalue weighted by Gasteiger charge is -2.15. The maximum absolute atomic E-state index is 11.8. The maximum atomic E-state index is 11.8. The van der Waals surface area contributed by atoms with Crippen molar-refractivity contribution in [1.29, 1.82) is 0 Å². The van der Waals surface area contributed by atoms with Gasteiger partial charge in [-0.1, -0.05) is 25.2 Å². The molecule has 2 amide bonds. The zero-order chi connectivity index (χ0) is 15.1.